The maximum Gasteiger partial charge on any atom is 0.203 e. The number of methoxy groups -OCH3 is 3. The number of aliphatic hydroxyl groups is 1. The standard InChI is InChI=1S/C15H25NO5/c1-9(17)10(2)21-14(8-16)11-6-12(18-3)15(20-5)13(7-11)19-4/h6-7,9-10,14,17H,8,16H2,1-5H3. The molecule has 1 aromatic carbocycles. The van der Waals surface area contributed by atoms with Crippen molar-refractivity contribution in [3.63, 3.8) is 0 Å². The van der Waals surface area contributed by atoms with Crippen LogP contribution in [0.1, 0.15) is 25.5 Å². The maximum atomic E-state index is 9.56. The zero-order chi connectivity index (χ0) is 16.0. The zero-order valence-electron chi connectivity index (χ0n) is 13.3. The Labute approximate surface area is 125 Å². The summed E-state index contributed by atoms with van der Waals surface area (Å²) in [6.07, 6.45) is -1.29. The van der Waals surface area contributed by atoms with Gasteiger partial charge in [0.05, 0.1) is 39.6 Å². The van der Waals surface area contributed by atoms with Gasteiger partial charge in [0.15, 0.2) is 11.5 Å². The first-order chi connectivity index (χ1) is 9.98. The third kappa shape index (κ3) is 4.23. The molecule has 1 aromatic rings. The van der Waals surface area contributed by atoms with E-state index in [1.165, 1.54) is 0 Å². The Morgan fingerprint density at radius 1 is 1.05 bits per heavy atom. The van der Waals surface area contributed by atoms with Gasteiger partial charge in [-0.15, -0.1) is 0 Å². The highest BCUT2D eigenvalue weighted by Gasteiger charge is 2.21. The van der Waals surface area contributed by atoms with Crippen molar-refractivity contribution in [3.8, 4) is 17.2 Å². The zero-order valence-corrected chi connectivity index (χ0v) is 13.3. The van der Waals surface area contributed by atoms with Crippen molar-refractivity contribution in [1.82, 2.24) is 0 Å². The molecule has 0 aliphatic rings. The minimum atomic E-state index is -0.582. The highest BCUT2D eigenvalue weighted by Crippen LogP contribution is 2.40. The predicted molar refractivity (Wildman–Crippen MR) is 80.1 cm³/mol. The van der Waals surface area contributed by atoms with E-state index in [-0.39, 0.29) is 18.8 Å². The summed E-state index contributed by atoms with van der Waals surface area (Å²) in [6.45, 7) is 3.74. The lowest BCUT2D eigenvalue weighted by atomic mass is 10.1. The summed E-state index contributed by atoms with van der Waals surface area (Å²) in [4.78, 5) is 0. The van der Waals surface area contributed by atoms with Crippen LogP contribution in [0.5, 0.6) is 17.2 Å². The Balaban J connectivity index is 3.15. The highest BCUT2D eigenvalue weighted by atomic mass is 16.5. The van der Waals surface area contributed by atoms with Gasteiger partial charge in [0.2, 0.25) is 5.75 Å². The van der Waals surface area contributed by atoms with Crippen molar-refractivity contribution in [3.05, 3.63) is 17.7 Å². The van der Waals surface area contributed by atoms with Gasteiger partial charge in [0.1, 0.15) is 0 Å². The molecule has 0 aliphatic heterocycles. The first-order valence-corrected chi connectivity index (χ1v) is 6.81. The summed E-state index contributed by atoms with van der Waals surface area (Å²) in [6, 6.07) is 3.60. The van der Waals surface area contributed by atoms with Crippen molar-refractivity contribution in [1.29, 1.82) is 0 Å². The number of ether oxygens (including phenoxy) is 4. The molecular weight excluding hydrogens is 274 g/mol. The molecule has 3 atom stereocenters. The van der Waals surface area contributed by atoms with Crippen LogP contribution in [0.15, 0.2) is 12.1 Å². The lowest BCUT2D eigenvalue weighted by Gasteiger charge is -2.24. The molecule has 0 fully saturated rings. The molecule has 3 N–H and O–H groups in total. The average Bonchev–Trinajstić information content (AvgIpc) is 2.50. The van der Waals surface area contributed by atoms with Crippen LogP contribution in [-0.2, 0) is 4.74 Å². The molecule has 1 rings (SSSR count). The number of hydrogen-bond acceptors (Lipinski definition) is 6. The van der Waals surface area contributed by atoms with E-state index in [4.69, 9.17) is 24.7 Å². The van der Waals surface area contributed by atoms with Gasteiger partial charge in [-0.3, -0.25) is 0 Å². The lowest BCUT2D eigenvalue weighted by molar-refractivity contribution is -0.0592. The van der Waals surface area contributed by atoms with Crippen LogP contribution in [0.3, 0.4) is 0 Å². The molecule has 0 heterocycles. The third-order valence-corrected chi connectivity index (χ3v) is 3.33. The van der Waals surface area contributed by atoms with E-state index in [2.05, 4.69) is 0 Å². The van der Waals surface area contributed by atoms with E-state index in [1.807, 2.05) is 0 Å². The Morgan fingerprint density at radius 3 is 1.90 bits per heavy atom. The van der Waals surface area contributed by atoms with E-state index in [1.54, 1.807) is 47.3 Å². The number of aliphatic hydroxyl groups excluding tert-OH is 1. The summed E-state index contributed by atoms with van der Waals surface area (Å²) in [5.41, 5.74) is 6.59. The van der Waals surface area contributed by atoms with E-state index < -0.39 is 6.10 Å². The van der Waals surface area contributed by atoms with Crippen molar-refractivity contribution in [2.75, 3.05) is 27.9 Å². The molecule has 0 saturated heterocycles. The molecule has 0 radical (unpaired) electrons. The van der Waals surface area contributed by atoms with Gasteiger partial charge < -0.3 is 29.8 Å². The molecule has 6 heteroatoms. The van der Waals surface area contributed by atoms with Crippen molar-refractivity contribution >= 4 is 0 Å². The summed E-state index contributed by atoms with van der Waals surface area (Å²) >= 11 is 0. The second kappa shape index (κ2) is 8.07. The first-order valence-electron chi connectivity index (χ1n) is 6.81. The summed E-state index contributed by atoms with van der Waals surface area (Å²) < 4.78 is 21.7. The molecule has 0 spiro atoms. The summed E-state index contributed by atoms with van der Waals surface area (Å²) in [7, 11) is 4.65. The molecule has 120 valence electrons. The topological polar surface area (TPSA) is 83.2 Å². The lowest BCUT2D eigenvalue weighted by Crippen LogP contribution is -2.28. The molecule has 3 unspecified atom stereocenters. The average molecular weight is 299 g/mol. The maximum absolute atomic E-state index is 9.56. The molecule has 0 amide bonds. The molecule has 0 aliphatic carbocycles. The van der Waals surface area contributed by atoms with Crippen LogP contribution in [0.2, 0.25) is 0 Å². The fourth-order valence-corrected chi connectivity index (χ4v) is 1.93. The van der Waals surface area contributed by atoms with Crippen molar-refractivity contribution in [2.45, 2.75) is 32.2 Å². The molecular formula is C15H25NO5. The second-order valence-corrected chi connectivity index (χ2v) is 4.76. The first kappa shape index (κ1) is 17.6. The highest BCUT2D eigenvalue weighted by molar-refractivity contribution is 5.54. The fourth-order valence-electron chi connectivity index (χ4n) is 1.93. The third-order valence-electron chi connectivity index (χ3n) is 3.33. The molecule has 0 saturated carbocycles. The second-order valence-electron chi connectivity index (χ2n) is 4.76. The van der Waals surface area contributed by atoms with Crippen molar-refractivity contribution < 1.29 is 24.1 Å². The van der Waals surface area contributed by atoms with Crippen LogP contribution < -0.4 is 19.9 Å². The monoisotopic (exact) mass is 299 g/mol. The molecule has 0 aromatic heterocycles. The van der Waals surface area contributed by atoms with Crippen LogP contribution in [0.25, 0.3) is 0 Å². The van der Waals surface area contributed by atoms with Crippen LogP contribution in [0, 0.1) is 0 Å². The van der Waals surface area contributed by atoms with Gasteiger partial charge in [-0.2, -0.15) is 0 Å². The van der Waals surface area contributed by atoms with Crippen LogP contribution in [-0.4, -0.2) is 45.2 Å². The van der Waals surface area contributed by atoms with E-state index in [0.717, 1.165) is 5.56 Å². The molecule has 0 bridgehead atoms. The Kier molecular flexibility index (Phi) is 6.74. The Bertz CT molecular complexity index is 425. The SMILES string of the molecule is COc1cc(C(CN)OC(C)C(C)O)cc(OC)c1OC. The van der Waals surface area contributed by atoms with E-state index in [9.17, 15) is 5.11 Å². The van der Waals surface area contributed by atoms with Crippen molar-refractivity contribution in [2.24, 2.45) is 5.73 Å². The predicted octanol–water partition coefficient (Wildman–Crippen LogP) is 1.50. The van der Waals surface area contributed by atoms with Crippen LogP contribution >= 0.6 is 0 Å². The Hall–Kier alpha value is -1.50. The fraction of sp³-hybridized carbons (Fsp3) is 0.600. The van der Waals surface area contributed by atoms with Gasteiger partial charge >= 0.3 is 0 Å². The minimum absolute atomic E-state index is 0.274. The largest absolute Gasteiger partial charge is 0.493 e. The number of benzene rings is 1. The van der Waals surface area contributed by atoms with Crippen LogP contribution in [0.4, 0.5) is 0 Å². The van der Waals surface area contributed by atoms with Gasteiger partial charge in [0, 0.05) is 6.54 Å². The van der Waals surface area contributed by atoms with Gasteiger partial charge in [-0.1, -0.05) is 0 Å². The molecule has 21 heavy (non-hydrogen) atoms. The summed E-state index contributed by atoms with van der Waals surface area (Å²) in [5, 5.41) is 9.56. The van der Waals surface area contributed by atoms with Gasteiger partial charge in [0.25, 0.3) is 0 Å². The number of rotatable bonds is 8. The number of nitrogens with two attached hydrogens (primary N) is 1. The van der Waals surface area contributed by atoms with Gasteiger partial charge in [-0.05, 0) is 31.5 Å². The Morgan fingerprint density at radius 2 is 1.57 bits per heavy atom. The van der Waals surface area contributed by atoms with Gasteiger partial charge in [-0.25, -0.2) is 0 Å². The number of hydrogen-bond donors (Lipinski definition) is 2. The summed E-state index contributed by atoms with van der Waals surface area (Å²) in [5.74, 6) is 1.60. The molecule has 6 nitrogen and oxygen atoms in total. The minimum Gasteiger partial charge on any atom is -0.493 e. The smallest absolute Gasteiger partial charge is 0.203 e. The van der Waals surface area contributed by atoms with E-state index in [0.29, 0.717) is 17.2 Å². The normalized spacial score (nSPS) is 15.2. The quantitative estimate of drug-likeness (QED) is 0.757. The van der Waals surface area contributed by atoms with E-state index >= 15 is 0 Å².